The average Bonchev–Trinajstić information content (AvgIpc) is 3.09. The van der Waals surface area contributed by atoms with E-state index in [1.807, 2.05) is 26.4 Å². The van der Waals surface area contributed by atoms with Gasteiger partial charge < -0.3 is 9.47 Å². The largest absolute Gasteiger partial charge is 0.315 e. The quantitative estimate of drug-likeness (QED) is 0.704. The summed E-state index contributed by atoms with van der Waals surface area (Å²) in [4.78, 5) is 24.0. The molecule has 0 amide bonds. The summed E-state index contributed by atoms with van der Waals surface area (Å²) < 4.78 is 3.50. The highest BCUT2D eigenvalue weighted by Crippen LogP contribution is 2.31. The van der Waals surface area contributed by atoms with Crippen molar-refractivity contribution < 1.29 is 0 Å². The molecule has 7 nitrogen and oxygen atoms in total. The first kappa shape index (κ1) is 17.1. The van der Waals surface area contributed by atoms with Gasteiger partial charge in [-0.05, 0) is 46.0 Å². The molecule has 0 N–H and O–H groups in total. The van der Waals surface area contributed by atoms with Gasteiger partial charge in [0.1, 0.15) is 0 Å². The SMILES string of the molecule is CN(C)CCCn1ccc2c(cnc3nc(C4CCCCC4)nn32)c1=O. The van der Waals surface area contributed by atoms with Crippen LogP contribution in [-0.2, 0) is 6.54 Å². The van der Waals surface area contributed by atoms with Gasteiger partial charge in [0.05, 0.1) is 10.9 Å². The van der Waals surface area contributed by atoms with E-state index in [9.17, 15) is 4.79 Å². The normalized spacial score (nSPS) is 16.1. The molecule has 1 aliphatic carbocycles. The fourth-order valence-corrected chi connectivity index (χ4v) is 3.84. The van der Waals surface area contributed by atoms with Crippen LogP contribution in [0.25, 0.3) is 16.7 Å². The zero-order chi connectivity index (χ0) is 18.1. The summed E-state index contributed by atoms with van der Waals surface area (Å²) in [6, 6.07) is 1.96. The molecule has 0 radical (unpaired) electrons. The van der Waals surface area contributed by atoms with Crippen LogP contribution in [-0.4, -0.2) is 49.7 Å². The van der Waals surface area contributed by atoms with Crippen molar-refractivity contribution >= 4 is 16.7 Å². The van der Waals surface area contributed by atoms with E-state index in [0.29, 0.717) is 23.6 Å². The molecule has 0 aromatic carbocycles. The van der Waals surface area contributed by atoms with Gasteiger partial charge in [0.15, 0.2) is 5.82 Å². The molecule has 3 aromatic rings. The monoisotopic (exact) mass is 354 g/mol. The Morgan fingerprint density at radius 3 is 2.81 bits per heavy atom. The summed E-state index contributed by atoms with van der Waals surface area (Å²) in [6.07, 6.45) is 10.5. The zero-order valence-electron chi connectivity index (χ0n) is 15.6. The Labute approximate surface area is 152 Å². The van der Waals surface area contributed by atoms with Crippen molar-refractivity contribution in [3.8, 4) is 0 Å². The maximum Gasteiger partial charge on any atom is 0.261 e. The first-order valence-corrected chi connectivity index (χ1v) is 9.53. The van der Waals surface area contributed by atoms with Crippen LogP contribution in [0.1, 0.15) is 50.3 Å². The molecule has 0 bridgehead atoms. The van der Waals surface area contributed by atoms with E-state index in [0.717, 1.165) is 37.1 Å². The molecule has 3 aromatic heterocycles. The molecule has 4 rings (SSSR count). The lowest BCUT2D eigenvalue weighted by Crippen LogP contribution is -2.23. The molecule has 26 heavy (non-hydrogen) atoms. The van der Waals surface area contributed by atoms with Gasteiger partial charge >= 0.3 is 0 Å². The second kappa shape index (κ2) is 7.15. The van der Waals surface area contributed by atoms with Gasteiger partial charge in [-0.1, -0.05) is 19.3 Å². The Kier molecular flexibility index (Phi) is 4.72. The van der Waals surface area contributed by atoms with E-state index < -0.39 is 0 Å². The fraction of sp³-hybridized carbons (Fsp3) is 0.579. The van der Waals surface area contributed by atoms with Crippen molar-refractivity contribution in [3.05, 3.63) is 34.6 Å². The molecule has 3 heterocycles. The number of rotatable bonds is 5. The standard InChI is InChI=1S/C19H26N6O/c1-23(2)10-6-11-24-12-9-16-15(18(24)26)13-20-19-21-17(22-25(16)19)14-7-4-3-5-8-14/h9,12-14H,3-8,10-11H2,1-2H3. The van der Waals surface area contributed by atoms with Crippen LogP contribution >= 0.6 is 0 Å². The van der Waals surface area contributed by atoms with Crippen molar-refractivity contribution in [1.29, 1.82) is 0 Å². The predicted octanol–water partition coefficient (Wildman–Crippen LogP) is 2.44. The molecule has 1 aliphatic rings. The molecule has 0 spiro atoms. The van der Waals surface area contributed by atoms with Crippen LogP contribution < -0.4 is 5.56 Å². The number of fused-ring (bicyclic) bond motifs is 3. The second-order valence-electron chi connectivity index (χ2n) is 7.54. The minimum absolute atomic E-state index is 0.00891. The third-order valence-corrected chi connectivity index (χ3v) is 5.30. The number of hydrogen-bond donors (Lipinski definition) is 0. The Bertz CT molecular complexity index is 967. The Hall–Kier alpha value is -2.28. The van der Waals surface area contributed by atoms with Crippen molar-refractivity contribution in [1.82, 2.24) is 29.0 Å². The van der Waals surface area contributed by atoms with Gasteiger partial charge in [0.2, 0.25) is 0 Å². The zero-order valence-corrected chi connectivity index (χ0v) is 15.6. The maximum atomic E-state index is 12.8. The molecule has 0 unspecified atom stereocenters. The molecule has 138 valence electrons. The lowest BCUT2D eigenvalue weighted by Gasteiger charge is -2.17. The first-order valence-electron chi connectivity index (χ1n) is 9.53. The summed E-state index contributed by atoms with van der Waals surface area (Å²) >= 11 is 0. The smallest absolute Gasteiger partial charge is 0.261 e. The van der Waals surface area contributed by atoms with E-state index in [1.165, 1.54) is 19.3 Å². The van der Waals surface area contributed by atoms with Gasteiger partial charge in [0, 0.05) is 24.9 Å². The Morgan fingerprint density at radius 1 is 1.23 bits per heavy atom. The molecule has 0 atom stereocenters. The van der Waals surface area contributed by atoms with Crippen LogP contribution in [0, 0.1) is 0 Å². The van der Waals surface area contributed by atoms with Crippen molar-refractivity contribution in [2.45, 2.75) is 51.0 Å². The van der Waals surface area contributed by atoms with Crippen LogP contribution in [0.15, 0.2) is 23.3 Å². The van der Waals surface area contributed by atoms with E-state index in [1.54, 1.807) is 15.3 Å². The highest BCUT2D eigenvalue weighted by molar-refractivity contribution is 5.78. The molecule has 7 heteroatoms. The summed E-state index contributed by atoms with van der Waals surface area (Å²) in [6.45, 7) is 1.66. The predicted molar refractivity (Wildman–Crippen MR) is 102 cm³/mol. The van der Waals surface area contributed by atoms with Crippen molar-refractivity contribution in [2.24, 2.45) is 0 Å². The van der Waals surface area contributed by atoms with Crippen molar-refractivity contribution in [3.63, 3.8) is 0 Å². The van der Waals surface area contributed by atoms with Gasteiger partial charge in [-0.25, -0.2) is 4.98 Å². The summed E-state index contributed by atoms with van der Waals surface area (Å²) in [7, 11) is 4.08. The molecule has 1 saturated carbocycles. The van der Waals surface area contributed by atoms with Crippen molar-refractivity contribution in [2.75, 3.05) is 20.6 Å². The highest BCUT2D eigenvalue weighted by Gasteiger charge is 2.21. The van der Waals surface area contributed by atoms with E-state index in [-0.39, 0.29) is 5.56 Å². The van der Waals surface area contributed by atoms with E-state index in [4.69, 9.17) is 5.10 Å². The van der Waals surface area contributed by atoms with Crippen LogP contribution in [0.3, 0.4) is 0 Å². The topological polar surface area (TPSA) is 68.3 Å². The van der Waals surface area contributed by atoms with Gasteiger partial charge in [-0.3, -0.25) is 4.79 Å². The summed E-state index contributed by atoms with van der Waals surface area (Å²) in [5, 5.41) is 5.31. The highest BCUT2D eigenvalue weighted by atomic mass is 16.1. The number of aryl methyl sites for hydroxylation is 1. The van der Waals surface area contributed by atoms with Gasteiger partial charge in [-0.15, -0.1) is 5.10 Å². The fourth-order valence-electron chi connectivity index (χ4n) is 3.84. The molecule has 0 saturated heterocycles. The summed E-state index contributed by atoms with van der Waals surface area (Å²) in [5.41, 5.74) is 0.781. The molecule has 1 fully saturated rings. The molecule has 0 aliphatic heterocycles. The average molecular weight is 354 g/mol. The third kappa shape index (κ3) is 3.23. The first-order chi connectivity index (χ1) is 12.6. The third-order valence-electron chi connectivity index (χ3n) is 5.30. The van der Waals surface area contributed by atoms with Gasteiger partial charge in [0.25, 0.3) is 11.3 Å². The number of nitrogens with zero attached hydrogens (tertiary/aromatic N) is 6. The maximum absolute atomic E-state index is 12.8. The Morgan fingerprint density at radius 2 is 2.04 bits per heavy atom. The number of pyridine rings is 1. The minimum Gasteiger partial charge on any atom is -0.315 e. The minimum atomic E-state index is -0.00891. The van der Waals surface area contributed by atoms with Gasteiger partial charge in [-0.2, -0.15) is 9.50 Å². The van der Waals surface area contributed by atoms with Crippen LogP contribution in [0.4, 0.5) is 0 Å². The van der Waals surface area contributed by atoms with E-state index in [2.05, 4.69) is 14.9 Å². The lowest BCUT2D eigenvalue weighted by atomic mass is 9.89. The Balaban J connectivity index is 1.70. The number of aromatic nitrogens is 5. The van der Waals surface area contributed by atoms with Crippen LogP contribution in [0.2, 0.25) is 0 Å². The second-order valence-corrected chi connectivity index (χ2v) is 7.54. The number of hydrogen-bond acceptors (Lipinski definition) is 5. The summed E-state index contributed by atoms with van der Waals surface area (Å²) in [5.74, 6) is 1.88. The molecular formula is C19H26N6O. The van der Waals surface area contributed by atoms with Crippen LogP contribution in [0.5, 0.6) is 0 Å². The lowest BCUT2D eigenvalue weighted by molar-refractivity contribution is 0.385. The van der Waals surface area contributed by atoms with E-state index >= 15 is 0 Å². The molecular weight excluding hydrogens is 328 g/mol.